The van der Waals surface area contributed by atoms with Crippen LogP contribution < -0.4 is 5.32 Å². The molecule has 1 unspecified atom stereocenters. The molecular weight excluding hydrogens is 813 g/mol. The number of alkyl carbamates (subject to hydrolysis) is 1. The fourth-order valence-corrected chi connectivity index (χ4v) is 12.8. The van der Waals surface area contributed by atoms with Crippen molar-refractivity contribution in [3.8, 4) is 11.1 Å². The van der Waals surface area contributed by atoms with E-state index in [0.29, 0.717) is 30.0 Å². The van der Waals surface area contributed by atoms with Crippen molar-refractivity contribution >= 4 is 61.5 Å². The molecule has 6 heterocycles. The van der Waals surface area contributed by atoms with Crippen LogP contribution in [0.15, 0.2) is 91.0 Å². The Morgan fingerprint density at radius 1 is 0.662 bits per heavy atom. The van der Waals surface area contributed by atoms with Crippen molar-refractivity contribution in [2.45, 2.75) is 114 Å². The van der Waals surface area contributed by atoms with Gasteiger partial charge in [-0.3, -0.25) is 14.5 Å². The molecule has 2 saturated carbocycles. The average Bonchev–Trinajstić information content (AvgIpc) is 3.75. The van der Waals surface area contributed by atoms with E-state index in [1.165, 1.54) is 32.8 Å². The number of nitrogens with one attached hydrogen (secondary N) is 3. The molecule has 65 heavy (non-hydrogen) atoms. The van der Waals surface area contributed by atoms with Crippen LogP contribution in [0.25, 0.3) is 54.7 Å². The highest BCUT2D eigenvalue weighted by Crippen LogP contribution is 2.56. The second-order valence-corrected chi connectivity index (χ2v) is 20.2. The summed E-state index contributed by atoms with van der Waals surface area (Å²) in [7, 11) is 1.32. The summed E-state index contributed by atoms with van der Waals surface area (Å²) in [6.45, 7) is 3.88. The van der Waals surface area contributed by atoms with E-state index < -0.39 is 12.1 Å². The quantitative estimate of drug-likeness (QED) is 0.131. The summed E-state index contributed by atoms with van der Waals surface area (Å²) in [5.74, 6) is 2.74. The van der Waals surface area contributed by atoms with Crippen molar-refractivity contribution in [3.05, 3.63) is 108 Å². The number of nitrogens with zero attached hydrogens (tertiary/aromatic N) is 5. The minimum absolute atomic E-state index is 0.0631. The van der Waals surface area contributed by atoms with Gasteiger partial charge in [0.2, 0.25) is 11.8 Å². The molecule has 12 heteroatoms. The fourth-order valence-electron chi connectivity index (χ4n) is 12.8. The van der Waals surface area contributed by atoms with Crippen molar-refractivity contribution in [1.29, 1.82) is 0 Å². The maximum Gasteiger partial charge on any atom is 0.407 e. The predicted molar refractivity (Wildman–Crippen MR) is 250 cm³/mol. The highest BCUT2D eigenvalue weighted by molar-refractivity contribution is 6.07. The van der Waals surface area contributed by atoms with Crippen molar-refractivity contribution in [2.24, 2.45) is 17.8 Å². The third-order valence-electron chi connectivity index (χ3n) is 16.2. The molecule has 4 saturated heterocycles. The van der Waals surface area contributed by atoms with Crippen LogP contribution in [0.1, 0.15) is 101 Å². The van der Waals surface area contributed by atoms with Crippen molar-refractivity contribution < 1.29 is 19.1 Å². The normalized spacial score (nSPS) is 27.5. The monoisotopic (exact) mass is 866 g/mol. The lowest BCUT2D eigenvalue weighted by molar-refractivity contribution is -0.140. The molecule has 3 N–H and O–H groups in total. The van der Waals surface area contributed by atoms with Crippen LogP contribution in [0.4, 0.5) is 4.79 Å². The number of hydrogen-bond donors (Lipinski definition) is 3. The van der Waals surface area contributed by atoms with Gasteiger partial charge in [0, 0.05) is 34.9 Å². The number of aromatic amines is 2. The second-order valence-electron chi connectivity index (χ2n) is 20.2. The smallest absolute Gasteiger partial charge is 0.407 e. The van der Waals surface area contributed by atoms with Gasteiger partial charge in [-0.25, -0.2) is 14.8 Å². The number of carbonyl (C=O) groups excluding carboxylic acids is 3. The molecule has 2 aromatic heterocycles. The molecule has 5 aromatic carbocycles. The molecule has 0 spiro atoms. The van der Waals surface area contributed by atoms with E-state index >= 15 is 4.79 Å². The zero-order valence-corrected chi connectivity index (χ0v) is 37.0. The number of imidazole rings is 2. The van der Waals surface area contributed by atoms with Crippen molar-refractivity contribution in [1.82, 2.24) is 40.0 Å². The Labute approximate surface area is 377 Å². The number of amides is 3. The fraction of sp³-hybridized carbons (Fsp3) is 0.415. The largest absolute Gasteiger partial charge is 0.453 e. The van der Waals surface area contributed by atoms with Crippen LogP contribution in [0.3, 0.4) is 0 Å². The maximum absolute atomic E-state index is 15.0. The van der Waals surface area contributed by atoms with Crippen molar-refractivity contribution in [3.63, 3.8) is 0 Å². The molecule has 6 fully saturated rings. The first-order chi connectivity index (χ1) is 31.7. The molecule has 7 aromatic rings. The van der Waals surface area contributed by atoms with Gasteiger partial charge in [-0.2, -0.15) is 0 Å². The standard InChI is InChI=1S/C53H54N8O4/c1-27(2)45(58-53(64)65-3)51(62)60-41-23-33(41)25-43(60)49-54-39-19-11-31-21-29(9-17-37(31)46(39)56-49)30-10-18-38-32(22-30)12-20-40-47(38)57-50(55-40)44-26-34-24-42(34)61(44)52(63)48(28-7-5-4-6-8-28)59-35-13-14-36(59)16-15-35/h4-12,17-22,27,33-36,41-45,48H,13-16,23-26H2,1-3H3,(H,54,56)(H,55,57)(H,58,64)/t33-,34-,35?,36?,41-,42-,43+,44+,45+,48?/m1/s1. The van der Waals surface area contributed by atoms with Gasteiger partial charge in [0.15, 0.2) is 0 Å². The molecular formula is C53H54N8O4. The van der Waals surface area contributed by atoms with E-state index in [2.05, 4.69) is 110 Å². The number of hydrogen-bond acceptors (Lipinski definition) is 7. The molecule has 13 rings (SSSR count). The minimum atomic E-state index is -0.677. The Balaban J connectivity index is 0.782. The Kier molecular flexibility index (Phi) is 8.80. The molecule has 2 aliphatic carbocycles. The molecule has 4 aliphatic heterocycles. The third kappa shape index (κ3) is 6.22. The van der Waals surface area contributed by atoms with Gasteiger partial charge in [-0.05, 0) is 121 Å². The Hall–Kier alpha value is -6.27. The molecule has 6 aliphatic rings. The van der Waals surface area contributed by atoms with Gasteiger partial charge in [0.1, 0.15) is 23.7 Å². The first kappa shape index (κ1) is 39.1. The number of piperidine rings is 2. The number of likely N-dealkylation sites (tertiary alicyclic amines) is 2. The summed E-state index contributed by atoms with van der Waals surface area (Å²) in [5, 5.41) is 7.13. The van der Waals surface area contributed by atoms with Gasteiger partial charge in [-0.15, -0.1) is 0 Å². The Morgan fingerprint density at radius 2 is 1.18 bits per heavy atom. The van der Waals surface area contributed by atoms with Crippen molar-refractivity contribution in [2.75, 3.05) is 7.11 Å². The molecule has 2 bridgehead atoms. The van der Waals surface area contributed by atoms with Crippen LogP contribution >= 0.6 is 0 Å². The van der Waals surface area contributed by atoms with E-state index in [0.717, 1.165) is 97.6 Å². The maximum atomic E-state index is 15.0. The van der Waals surface area contributed by atoms with Crippen LogP contribution in [0, 0.1) is 17.8 Å². The van der Waals surface area contributed by atoms with Gasteiger partial charge < -0.3 is 29.8 Å². The summed E-state index contributed by atoms with van der Waals surface area (Å²) < 4.78 is 4.85. The number of H-pyrrole nitrogens is 2. The van der Waals surface area contributed by atoms with Crippen LogP contribution in [0.5, 0.6) is 0 Å². The third-order valence-corrected chi connectivity index (χ3v) is 16.2. The number of carbonyl (C=O) groups is 3. The van der Waals surface area contributed by atoms with Gasteiger partial charge in [0.05, 0.1) is 41.3 Å². The zero-order valence-electron chi connectivity index (χ0n) is 37.0. The molecule has 0 radical (unpaired) electrons. The first-order valence-corrected chi connectivity index (χ1v) is 23.9. The highest BCUT2D eigenvalue weighted by Gasteiger charge is 2.58. The number of fused-ring (bicyclic) bond motifs is 10. The Morgan fingerprint density at radius 3 is 1.69 bits per heavy atom. The highest BCUT2D eigenvalue weighted by atomic mass is 16.5. The summed E-state index contributed by atoms with van der Waals surface area (Å²) in [4.78, 5) is 65.7. The molecule has 3 amide bonds. The van der Waals surface area contributed by atoms with E-state index in [9.17, 15) is 9.59 Å². The van der Waals surface area contributed by atoms with E-state index in [-0.39, 0.29) is 41.9 Å². The number of aromatic nitrogens is 4. The average molecular weight is 867 g/mol. The number of rotatable bonds is 9. The molecule has 8 atom stereocenters. The summed E-state index contributed by atoms with van der Waals surface area (Å²) >= 11 is 0. The van der Waals surface area contributed by atoms with Gasteiger partial charge in [0.25, 0.3) is 0 Å². The Bertz CT molecular complexity index is 3070. The molecule has 12 nitrogen and oxygen atoms in total. The van der Waals surface area contributed by atoms with E-state index in [1.807, 2.05) is 24.8 Å². The summed E-state index contributed by atoms with van der Waals surface area (Å²) in [6, 6.07) is 32.5. The topological polar surface area (TPSA) is 140 Å². The lowest BCUT2D eigenvalue weighted by atomic mass is 9.98. The lowest BCUT2D eigenvalue weighted by Gasteiger charge is -2.37. The second kappa shape index (κ2) is 14.6. The minimum Gasteiger partial charge on any atom is -0.453 e. The van der Waals surface area contributed by atoms with Crippen LogP contribution in [0.2, 0.25) is 0 Å². The summed E-state index contributed by atoms with van der Waals surface area (Å²) in [6.07, 6.45) is 8.04. The van der Waals surface area contributed by atoms with Gasteiger partial charge in [-0.1, -0.05) is 80.6 Å². The van der Waals surface area contributed by atoms with Gasteiger partial charge >= 0.3 is 6.09 Å². The summed E-state index contributed by atoms with van der Waals surface area (Å²) in [5.41, 5.74) is 7.12. The number of methoxy groups -OCH3 is 1. The zero-order chi connectivity index (χ0) is 43.8. The number of benzene rings is 5. The van der Waals surface area contributed by atoms with E-state index in [1.54, 1.807) is 0 Å². The lowest BCUT2D eigenvalue weighted by Crippen LogP contribution is -2.52. The first-order valence-electron chi connectivity index (χ1n) is 23.9. The predicted octanol–water partition coefficient (Wildman–Crippen LogP) is 9.49. The SMILES string of the molecule is COC(=O)N[C@H](C(=O)N1[C@@H]2C[C@@H]2C[C@H]1c1nc2c(ccc3cc(-c4ccc5c(ccc6[nH]c([C@@H]7C[C@H]8C[C@H]8N7C(=O)C(c7ccccc7)N7C8CCC7CC8)nc65)c4)ccc32)[nH]1)C(C)C. The van der Waals surface area contributed by atoms with Crippen LogP contribution in [-0.2, 0) is 14.3 Å². The number of ether oxygens (including phenoxy) is 1. The van der Waals surface area contributed by atoms with Crippen LogP contribution in [-0.4, -0.2) is 89.9 Å². The van der Waals surface area contributed by atoms with E-state index in [4.69, 9.17) is 14.7 Å². The molecule has 330 valence electrons.